The second-order valence-electron chi connectivity index (χ2n) is 14.8. The number of hydrogen-bond donors (Lipinski definition) is 4. The van der Waals surface area contributed by atoms with E-state index in [2.05, 4.69) is 62.2 Å². The number of guanidine groups is 1. The molecule has 10 nitrogen and oxygen atoms in total. The van der Waals surface area contributed by atoms with Gasteiger partial charge in [-0.3, -0.25) is 14.6 Å². The first-order valence-electron chi connectivity index (χ1n) is 16.5. The molecule has 5 aliphatic rings. The van der Waals surface area contributed by atoms with Crippen LogP contribution in [0.1, 0.15) is 98.8 Å². The van der Waals surface area contributed by atoms with Gasteiger partial charge < -0.3 is 36.3 Å². The van der Waals surface area contributed by atoms with E-state index < -0.39 is 13.2 Å². The number of carbonyl (C=O) groups excluding carboxylic acids is 2. The van der Waals surface area contributed by atoms with E-state index in [9.17, 15) is 9.59 Å². The van der Waals surface area contributed by atoms with Crippen LogP contribution in [0, 0.1) is 29.1 Å². The van der Waals surface area contributed by atoms with E-state index in [0.29, 0.717) is 49.5 Å². The maximum Gasteiger partial charge on any atom is 0.481 e. The van der Waals surface area contributed by atoms with E-state index in [1.165, 1.54) is 19.3 Å². The predicted octanol–water partition coefficient (Wildman–Crippen LogP) is 2.84. The minimum atomic E-state index is -0.671. The molecular formula is C31H57BN6O4. The van der Waals surface area contributed by atoms with E-state index in [1.807, 2.05) is 0 Å². The van der Waals surface area contributed by atoms with Crippen molar-refractivity contribution >= 4 is 24.9 Å². The number of hydrogen-bond acceptors (Lipinski definition) is 6. The van der Waals surface area contributed by atoms with Crippen LogP contribution in [0.4, 0.5) is 0 Å². The molecule has 0 aromatic carbocycles. The lowest BCUT2D eigenvalue weighted by molar-refractivity contribution is -0.199. The number of nitrogens with zero attached hydrogens (tertiary/aromatic N) is 2. The van der Waals surface area contributed by atoms with Crippen LogP contribution >= 0.6 is 0 Å². The summed E-state index contributed by atoms with van der Waals surface area (Å²) in [5.41, 5.74) is 10.9. The maximum absolute atomic E-state index is 13.8. The van der Waals surface area contributed by atoms with Crippen molar-refractivity contribution in [2.75, 3.05) is 26.7 Å². The Bertz CT molecular complexity index is 967. The molecule has 0 aromatic rings. The number of likely N-dealkylation sites (tertiary alicyclic amines) is 1. The summed E-state index contributed by atoms with van der Waals surface area (Å²) in [6.45, 7) is 13.8. The molecule has 5 fully saturated rings. The summed E-state index contributed by atoms with van der Waals surface area (Å²) in [5.74, 6) is 1.55. The van der Waals surface area contributed by atoms with Crippen LogP contribution in [0.15, 0.2) is 4.99 Å². The van der Waals surface area contributed by atoms with Crippen LogP contribution < -0.4 is 22.1 Å². The van der Waals surface area contributed by atoms with E-state index in [4.69, 9.17) is 20.8 Å². The van der Waals surface area contributed by atoms with Gasteiger partial charge in [0.05, 0.1) is 17.6 Å². The van der Waals surface area contributed by atoms with Gasteiger partial charge in [0, 0.05) is 13.0 Å². The second kappa shape index (κ2) is 13.8. The van der Waals surface area contributed by atoms with Crippen LogP contribution in [0.25, 0.3) is 0 Å². The fourth-order valence-corrected chi connectivity index (χ4v) is 8.04. The van der Waals surface area contributed by atoms with Crippen molar-refractivity contribution in [1.82, 2.24) is 15.5 Å². The summed E-state index contributed by atoms with van der Waals surface area (Å²) >= 11 is 0. The third kappa shape index (κ3) is 7.80. The number of amides is 2. The van der Waals surface area contributed by atoms with Gasteiger partial charge in [0.25, 0.3) is 0 Å². The molecule has 2 bridgehead atoms. The highest BCUT2D eigenvalue weighted by atomic mass is 16.7. The average molecular weight is 589 g/mol. The zero-order valence-electron chi connectivity index (χ0n) is 27.0. The van der Waals surface area contributed by atoms with Gasteiger partial charge in [-0.25, -0.2) is 0 Å². The van der Waals surface area contributed by atoms with Crippen molar-refractivity contribution in [2.24, 2.45) is 45.5 Å². The maximum atomic E-state index is 13.8. The van der Waals surface area contributed by atoms with Gasteiger partial charge in [0.15, 0.2) is 5.96 Å². The predicted molar refractivity (Wildman–Crippen MR) is 167 cm³/mol. The summed E-state index contributed by atoms with van der Waals surface area (Å²) < 4.78 is 13.3. The van der Waals surface area contributed by atoms with Gasteiger partial charge in [-0.05, 0) is 114 Å². The molecule has 0 spiro atoms. The molecule has 11 heteroatoms. The highest BCUT2D eigenvalue weighted by Crippen LogP contribution is 2.65. The zero-order chi connectivity index (χ0) is 30.7. The quantitative estimate of drug-likeness (QED) is 0.106. The number of rotatable bonds is 14. The summed E-state index contributed by atoms with van der Waals surface area (Å²) in [6, 6.07) is -0.671. The normalized spacial score (nSPS) is 30.3. The Kier molecular flexibility index (Phi) is 10.9. The summed E-state index contributed by atoms with van der Waals surface area (Å²) in [7, 11) is 1.66. The molecule has 2 aliphatic heterocycles. The summed E-state index contributed by atoms with van der Waals surface area (Å²) in [6.07, 6.45) is 8.66. The standard InChI is InChI=1S/C31H57BN6O4/c1-20(2)17-26(32-41-25-19-22-18-24(30(22,3)4)31(25,5)42-32)37-28(40)23(10-8-14-35-29(33)34)36-27(39)11-7-9-21-12-15-38(6)16-13-21/h20-26H,7-19H2,1-6H3,(H,36,39)(H,37,40)(H4,33,34,35)/t22-,23-,24-,25+,26-,31-/m0/s1. The highest BCUT2D eigenvalue weighted by molar-refractivity contribution is 6.48. The lowest BCUT2D eigenvalue weighted by Gasteiger charge is -2.64. The van der Waals surface area contributed by atoms with E-state index in [-0.39, 0.29) is 40.8 Å². The molecule has 3 saturated carbocycles. The fraction of sp³-hybridized carbons (Fsp3) is 0.903. The lowest BCUT2D eigenvalue weighted by Crippen LogP contribution is -2.65. The first kappa shape index (κ1) is 33.1. The van der Waals surface area contributed by atoms with Crippen LogP contribution in [0.5, 0.6) is 0 Å². The lowest BCUT2D eigenvalue weighted by atomic mass is 9.43. The summed E-state index contributed by atoms with van der Waals surface area (Å²) in [4.78, 5) is 33.2. The number of piperidine rings is 1. The smallest absolute Gasteiger partial charge is 0.404 e. The fourth-order valence-electron chi connectivity index (χ4n) is 8.04. The second-order valence-corrected chi connectivity index (χ2v) is 14.8. The summed E-state index contributed by atoms with van der Waals surface area (Å²) in [5, 5.41) is 6.27. The van der Waals surface area contributed by atoms with E-state index >= 15 is 0 Å². The van der Waals surface area contributed by atoms with Gasteiger partial charge in [-0.1, -0.05) is 27.7 Å². The molecule has 42 heavy (non-hydrogen) atoms. The minimum absolute atomic E-state index is 0.0255. The number of aliphatic imine (C=N–C) groups is 1. The van der Waals surface area contributed by atoms with Gasteiger partial charge >= 0.3 is 7.12 Å². The first-order chi connectivity index (χ1) is 19.8. The molecule has 6 N–H and O–H groups in total. The Morgan fingerprint density at radius 2 is 1.81 bits per heavy atom. The molecule has 2 amide bonds. The van der Waals surface area contributed by atoms with Crippen molar-refractivity contribution in [3.05, 3.63) is 0 Å². The van der Waals surface area contributed by atoms with Crippen molar-refractivity contribution in [2.45, 2.75) is 123 Å². The average Bonchev–Trinajstić information content (AvgIpc) is 3.28. The van der Waals surface area contributed by atoms with E-state index in [1.54, 1.807) is 0 Å². The van der Waals surface area contributed by atoms with Gasteiger partial charge in [0.2, 0.25) is 11.8 Å². The van der Waals surface area contributed by atoms with Crippen LogP contribution in [0.2, 0.25) is 0 Å². The van der Waals surface area contributed by atoms with Crippen LogP contribution in [-0.2, 0) is 18.9 Å². The molecule has 238 valence electrons. The van der Waals surface area contributed by atoms with Crippen molar-refractivity contribution < 1.29 is 18.9 Å². The minimum Gasteiger partial charge on any atom is -0.404 e. The Morgan fingerprint density at radius 3 is 2.45 bits per heavy atom. The first-order valence-corrected chi connectivity index (χ1v) is 16.5. The SMILES string of the molecule is CC(C)C[C@H](NC(=O)[C@H](CCCN=C(N)N)NC(=O)CCCC1CCN(C)CC1)B1O[C@@H]2C[C@@H]3C[C@@H](C3(C)C)[C@]2(C)O1. The Morgan fingerprint density at radius 1 is 1.10 bits per heavy atom. The number of nitrogens with one attached hydrogen (secondary N) is 2. The monoisotopic (exact) mass is 588 g/mol. The molecule has 0 unspecified atom stereocenters. The molecule has 0 aromatic heterocycles. The third-order valence-corrected chi connectivity index (χ3v) is 10.8. The molecule has 2 saturated heterocycles. The van der Waals surface area contributed by atoms with Crippen molar-refractivity contribution in [3.8, 4) is 0 Å². The molecule has 2 heterocycles. The molecule has 5 rings (SSSR count). The Balaban J connectivity index is 1.36. The van der Waals surface area contributed by atoms with Crippen molar-refractivity contribution in [3.63, 3.8) is 0 Å². The largest absolute Gasteiger partial charge is 0.481 e. The topological polar surface area (TPSA) is 144 Å². The third-order valence-electron chi connectivity index (χ3n) is 10.8. The van der Waals surface area contributed by atoms with Gasteiger partial charge in [-0.15, -0.1) is 0 Å². The van der Waals surface area contributed by atoms with Crippen molar-refractivity contribution in [1.29, 1.82) is 0 Å². The Hall–Kier alpha value is -1.85. The van der Waals surface area contributed by atoms with Crippen LogP contribution in [0.3, 0.4) is 0 Å². The number of nitrogens with two attached hydrogens (primary N) is 2. The van der Waals surface area contributed by atoms with Crippen LogP contribution in [-0.4, -0.2) is 80.2 Å². The molecular weight excluding hydrogens is 531 g/mol. The molecule has 6 atom stereocenters. The van der Waals surface area contributed by atoms with E-state index in [0.717, 1.165) is 38.8 Å². The zero-order valence-corrected chi connectivity index (χ0v) is 27.0. The van der Waals surface area contributed by atoms with Gasteiger partial charge in [0.1, 0.15) is 6.04 Å². The molecule has 3 aliphatic carbocycles. The Labute approximate surface area is 254 Å². The van der Waals surface area contributed by atoms with Gasteiger partial charge in [-0.2, -0.15) is 0 Å². The molecule has 0 radical (unpaired) electrons. The highest BCUT2D eigenvalue weighted by Gasteiger charge is 2.68. The number of carbonyl (C=O) groups is 2.